The van der Waals surface area contributed by atoms with Crippen LogP contribution in [0.25, 0.3) is 0 Å². The summed E-state index contributed by atoms with van der Waals surface area (Å²) in [5.74, 6) is 0. The number of hydrogen-bond acceptors (Lipinski definition) is 4. The molecule has 0 atom stereocenters. The van der Waals surface area contributed by atoms with E-state index in [9.17, 15) is 14.4 Å². The standard InChI is InChI=1S/C7H6NO3P/c8-5-6-1-3-7(4-2-6)12(9,10)11/h1-4H,(H2,9,10,11)/p-2. The fourth-order valence-corrected chi connectivity index (χ4v) is 1.23. The van der Waals surface area contributed by atoms with E-state index in [2.05, 4.69) is 0 Å². The Balaban J connectivity index is 3.11. The maximum Gasteiger partial charge on any atom is 0.0991 e. The van der Waals surface area contributed by atoms with Crippen LogP contribution in [0.5, 0.6) is 0 Å². The van der Waals surface area contributed by atoms with E-state index in [0.29, 0.717) is 5.56 Å². The summed E-state index contributed by atoms with van der Waals surface area (Å²) in [6.07, 6.45) is 0. The molecular weight excluding hydrogens is 177 g/mol. The Hall–Kier alpha value is -1.14. The largest absolute Gasteiger partial charge is 0.807 e. The number of rotatable bonds is 1. The lowest BCUT2D eigenvalue weighted by Gasteiger charge is -2.29. The van der Waals surface area contributed by atoms with Gasteiger partial charge in [0.1, 0.15) is 0 Å². The van der Waals surface area contributed by atoms with Crippen LogP contribution in [-0.2, 0) is 4.57 Å². The number of nitrogens with zero attached hydrogens (tertiary/aromatic N) is 1. The molecule has 0 aliphatic rings. The predicted molar refractivity (Wildman–Crippen MR) is 38.4 cm³/mol. The van der Waals surface area contributed by atoms with Gasteiger partial charge in [-0.2, -0.15) is 5.26 Å². The average molecular weight is 181 g/mol. The molecule has 0 radical (unpaired) electrons. The molecule has 0 aliphatic carbocycles. The SMILES string of the molecule is N#Cc1ccc(P(=O)([O-])[O-])cc1. The fraction of sp³-hybridized carbons (Fsp3) is 0. The van der Waals surface area contributed by atoms with Crippen molar-refractivity contribution in [1.29, 1.82) is 5.26 Å². The van der Waals surface area contributed by atoms with Crippen molar-refractivity contribution in [3.8, 4) is 6.07 Å². The highest BCUT2D eigenvalue weighted by molar-refractivity contribution is 7.57. The van der Waals surface area contributed by atoms with E-state index in [0.717, 1.165) is 12.1 Å². The highest BCUT2D eigenvalue weighted by atomic mass is 31.2. The van der Waals surface area contributed by atoms with Crippen LogP contribution in [0.1, 0.15) is 5.56 Å². The summed E-state index contributed by atoms with van der Waals surface area (Å²) in [5.41, 5.74) is 0.326. The summed E-state index contributed by atoms with van der Waals surface area (Å²) < 4.78 is 10.4. The van der Waals surface area contributed by atoms with Gasteiger partial charge in [-0.25, -0.2) is 0 Å². The molecule has 1 aromatic rings. The molecule has 1 rings (SSSR count). The van der Waals surface area contributed by atoms with Crippen LogP contribution in [0, 0.1) is 11.3 Å². The molecule has 0 saturated heterocycles. The van der Waals surface area contributed by atoms with Crippen LogP contribution in [-0.4, -0.2) is 0 Å². The topological polar surface area (TPSA) is 87.0 Å². The van der Waals surface area contributed by atoms with E-state index < -0.39 is 7.60 Å². The number of benzene rings is 1. The van der Waals surface area contributed by atoms with Crippen LogP contribution in [0.4, 0.5) is 0 Å². The molecule has 4 nitrogen and oxygen atoms in total. The summed E-state index contributed by atoms with van der Waals surface area (Å²) in [7, 11) is -4.66. The van der Waals surface area contributed by atoms with Crippen molar-refractivity contribution in [2.24, 2.45) is 0 Å². The average Bonchev–Trinajstić information content (AvgIpc) is 2.03. The Bertz CT molecular complexity index is 359. The molecule has 0 N–H and O–H groups in total. The van der Waals surface area contributed by atoms with Gasteiger partial charge in [0.2, 0.25) is 0 Å². The van der Waals surface area contributed by atoms with Gasteiger partial charge in [-0.05, 0) is 25.0 Å². The second-order valence-electron chi connectivity index (χ2n) is 2.16. The fourth-order valence-electron chi connectivity index (χ4n) is 0.719. The first kappa shape index (κ1) is 8.95. The Kier molecular flexibility index (Phi) is 2.30. The van der Waals surface area contributed by atoms with Gasteiger partial charge >= 0.3 is 0 Å². The minimum atomic E-state index is -4.66. The molecule has 0 saturated carbocycles. The molecule has 0 aromatic heterocycles. The van der Waals surface area contributed by atoms with E-state index in [-0.39, 0.29) is 5.30 Å². The smallest absolute Gasteiger partial charge is 0.0991 e. The highest BCUT2D eigenvalue weighted by Crippen LogP contribution is 2.21. The van der Waals surface area contributed by atoms with E-state index in [4.69, 9.17) is 5.26 Å². The zero-order valence-electron chi connectivity index (χ0n) is 5.93. The summed E-state index contributed by atoms with van der Waals surface area (Å²) in [6.45, 7) is 0. The molecule has 5 heteroatoms. The number of hydrogen-bond donors (Lipinski definition) is 0. The molecule has 62 valence electrons. The summed E-state index contributed by atoms with van der Waals surface area (Å²) in [6, 6.07) is 6.64. The third kappa shape index (κ3) is 1.93. The molecule has 1 aromatic carbocycles. The molecule has 0 bridgehead atoms. The van der Waals surface area contributed by atoms with Gasteiger partial charge in [-0.3, -0.25) is 0 Å². The Labute approximate surface area is 69.2 Å². The zero-order valence-corrected chi connectivity index (χ0v) is 6.82. The van der Waals surface area contributed by atoms with Gasteiger partial charge in [-0.1, -0.05) is 12.1 Å². The Morgan fingerprint density at radius 1 is 1.25 bits per heavy atom. The minimum Gasteiger partial charge on any atom is -0.807 e. The van der Waals surface area contributed by atoms with Crippen LogP contribution < -0.4 is 15.1 Å². The quantitative estimate of drug-likeness (QED) is 0.525. The van der Waals surface area contributed by atoms with Crippen LogP contribution >= 0.6 is 7.60 Å². The van der Waals surface area contributed by atoms with Crippen molar-refractivity contribution in [2.45, 2.75) is 0 Å². The molecule has 12 heavy (non-hydrogen) atoms. The van der Waals surface area contributed by atoms with Gasteiger partial charge < -0.3 is 14.4 Å². The van der Waals surface area contributed by atoms with Gasteiger partial charge in [0.25, 0.3) is 0 Å². The lowest BCUT2D eigenvalue weighted by molar-refractivity contribution is -0.307. The first-order valence-electron chi connectivity index (χ1n) is 3.07. The second-order valence-corrected chi connectivity index (χ2v) is 3.67. The van der Waals surface area contributed by atoms with E-state index >= 15 is 0 Å². The van der Waals surface area contributed by atoms with E-state index in [1.807, 2.05) is 6.07 Å². The molecule has 0 aliphatic heterocycles. The van der Waals surface area contributed by atoms with Crippen LogP contribution in [0.3, 0.4) is 0 Å². The van der Waals surface area contributed by atoms with Crippen molar-refractivity contribution in [2.75, 3.05) is 0 Å². The van der Waals surface area contributed by atoms with Crippen LogP contribution in [0.2, 0.25) is 0 Å². The lowest BCUT2D eigenvalue weighted by atomic mass is 10.2. The third-order valence-corrected chi connectivity index (χ3v) is 2.24. The monoisotopic (exact) mass is 181 g/mol. The van der Waals surface area contributed by atoms with Crippen molar-refractivity contribution in [3.63, 3.8) is 0 Å². The minimum absolute atomic E-state index is 0.290. The van der Waals surface area contributed by atoms with Crippen molar-refractivity contribution in [3.05, 3.63) is 29.8 Å². The highest BCUT2D eigenvalue weighted by Gasteiger charge is 1.96. The Morgan fingerprint density at radius 2 is 1.75 bits per heavy atom. The first-order chi connectivity index (χ1) is 5.54. The van der Waals surface area contributed by atoms with Crippen molar-refractivity contribution in [1.82, 2.24) is 0 Å². The van der Waals surface area contributed by atoms with E-state index in [1.165, 1.54) is 12.1 Å². The molecular formula is C7H4NO3P-2. The third-order valence-electron chi connectivity index (χ3n) is 1.31. The van der Waals surface area contributed by atoms with Gasteiger partial charge in [0, 0.05) is 0 Å². The molecule has 0 amide bonds. The van der Waals surface area contributed by atoms with Crippen molar-refractivity contribution < 1.29 is 14.4 Å². The maximum absolute atomic E-state index is 10.4. The molecule has 0 fully saturated rings. The van der Waals surface area contributed by atoms with E-state index in [1.54, 1.807) is 0 Å². The maximum atomic E-state index is 10.4. The molecule has 0 spiro atoms. The Morgan fingerprint density at radius 3 is 2.08 bits per heavy atom. The van der Waals surface area contributed by atoms with Gasteiger partial charge in [0.15, 0.2) is 0 Å². The van der Waals surface area contributed by atoms with Crippen molar-refractivity contribution >= 4 is 12.9 Å². The summed E-state index contributed by atoms with van der Waals surface area (Å²) in [4.78, 5) is 20.8. The number of nitriles is 1. The molecule has 0 heterocycles. The summed E-state index contributed by atoms with van der Waals surface area (Å²) >= 11 is 0. The van der Waals surface area contributed by atoms with Gasteiger partial charge in [0.05, 0.1) is 11.6 Å². The zero-order chi connectivity index (χ0) is 9.19. The second kappa shape index (κ2) is 3.08. The summed E-state index contributed by atoms with van der Waals surface area (Å²) in [5, 5.41) is 8.07. The first-order valence-corrected chi connectivity index (χ1v) is 4.61. The van der Waals surface area contributed by atoms with Crippen LogP contribution in [0.15, 0.2) is 24.3 Å². The lowest BCUT2D eigenvalue weighted by Crippen LogP contribution is -2.24. The predicted octanol–water partition coefficient (Wildman–Crippen LogP) is -0.903. The normalized spacial score (nSPS) is 10.8. The molecule has 0 unspecified atom stereocenters. The van der Waals surface area contributed by atoms with Gasteiger partial charge in [-0.15, -0.1) is 0 Å².